The van der Waals surface area contributed by atoms with Crippen molar-refractivity contribution in [2.45, 2.75) is 19.3 Å². The molecule has 0 aromatic heterocycles. The molecule has 0 spiro atoms. The molecular weight excluding hydrogens is 160 g/mol. The number of carbonyl (C=O) groups is 1. The minimum atomic E-state index is -1.46. The van der Waals surface area contributed by atoms with Crippen LogP contribution in [0.3, 0.4) is 0 Å². The third-order valence-corrected chi connectivity index (χ3v) is 1.18. The van der Waals surface area contributed by atoms with E-state index in [2.05, 4.69) is 11.3 Å². The number of carbonyl (C=O) groups excluding carboxylic acids is 1. The molecule has 66 valence electrons. The fourth-order valence-electron chi connectivity index (χ4n) is 0.398. The van der Waals surface area contributed by atoms with E-state index >= 15 is 0 Å². The summed E-state index contributed by atoms with van der Waals surface area (Å²) in [5, 5.41) is 17.2. The molecule has 5 heteroatoms. The lowest BCUT2D eigenvalue weighted by Gasteiger charge is -2.13. The quantitative estimate of drug-likeness (QED) is 0.429. The Hall–Kier alpha value is -1.38. The van der Waals surface area contributed by atoms with Crippen LogP contribution in [0.25, 0.3) is 0 Å². The fraction of sp³-hybridized carbons (Fsp3) is 0.429. The van der Waals surface area contributed by atoms with E-state index in [1.165, 1.54) is 6.92 Å². The second kappa shape index (κ2) is 4.49. The first-order valence-corrected chi connectivity index (χ1v) is 3.20. The van der Waals surface area contributed by atoms with E-state index in [1.807, 2.05) is 0 Å². The second-order valence-electron chi connectivity index (χ2n) is 2.17. The Morgan fingerprint density at radius 2 is 2.33 bits per heavy atom. The Labute approximate surface area is 70.0 Å². The average molecular weight is 170 g/mol. The predicted molar refractivity (Wildman–Crippen MR) is 40.5 cm³/mol. The lowest BCUT2D eigenvalue weighted by atomic mass is 10.3. The summed E-state index contributed by atoms with van der Waals surface area (Å²) >= 11 is 0. The SMILES string of the molecule is C=C(C#N)C(O)OC(C)C(N)=O. The molecule has 2 unspecified atom stereocenters. The summed E-state index contributed by atoms with van der Waals surface area (Å²) in [6, 6.07) is 1.59. The van der Waals surface area contributed by atoms with Crippen molar-refractivity contribution in [2.75, 3.05) is 0 Å². The van der Waals surface area contributed by atoms with E-state index in [0.717, 1.165) is 0 Å². The number of nitrogens with two attached hydrogens (primary N) is 1. The minimum absolute atomic E-state index is 0.164. The molecule has 0 heterocycles. The highest BCUT2D eigenvalue weighted by atomic mass is 16.6. The van der Waals surface area contributed by atoms with Gasteiger partial charge in [0.2, 0.25) is 5.91 Å². The number of hydrogen-bond acceptors (Lipinski definition) is 4. The van der Waals surface area contributed by atoms with Crippen LogP contribution in [0, 0.1) is 11.3 Å². The summed E-state index contributed by atoms with van der Waals surface area (Å²) in [7, 11) is 0. The Balaban J connectivity index is 4.02. The molecule has 0 aliphatic rings. The zero-order chi connectivity index (χ0) is 9.72. The maximum absolute atomic E-state index is 10.4. The number of rotatable bonds is 4. The van der Waals surface area contributed by atoms with Gasteiger partial charge in [-0.1, -0.05) is 6.58 Å². The largest absolute Gasteiger partial charge is 0.367 e. The van der Waals surface area contributed by atoms with Gasteiger partial charge in [-0.2, -0.15) is 5.26 Å². The first-order chi connectivity index (χ1) is 5.49. The van der Waals surface area contributed by atoms with Crippen LogP contribution in [0.2, 0.25) is 0 Å². The highest BCUT2D eigenvalue weighted by Crippen LogP contribution is 2.02. The van der Waals surface area contributed by atoms with Crippen molar-refractivity contribution in [3.63, 3.8) is 0 Å². The summed E-state index contributed by atoms with van der Waals surface area (Å²) in [5.74, 6) is -0.709. The molecule has 0 aromatic rings. The number of aliphatic hydroxyl groups is 1. The molecule has 0 saturated carbocycles. The number of nitrogens with zero attached hydrogens (tertiary/aromatic N) is 1. The highest BCUT2D eigenvalue weighted by molar-refractivity contribution is 5.78. The van der Waals surface area contributed by atoms with Gasteiger partial charge in [0, 0.05) is 0 Å². The Kier molecular flexibility index (Phi) is 3.97. The Bertz CT molecular complexity index is 231. The minimum Gasteiger partial charge on any atom is -0.367 e. The summed E-state index contributed by atoms with van der Waals surface area (Å²) in [6.45, 7) is 4.57. The topological polar surface area (TPSA) is 96.3 Å². The number of nitriles is 1. The van der Waals surface area contributed by atoms with Crippen LogP contribution in [0.4, 0.5) is 0 Å². The van der Waals surface area contributed by atoms with E-state index in [1.54, 1.807) is 6.07 Å². The Morgan fingerprint density at radius 1 is 1.83 bits per heavy atom. The third kappa shape index (κ3) is 3.14. The van der Waals surface area contributed by atoms with Crippen molar-refractivity contribution in [2.24, 2.45) is 5.73 Å². The normalized spacial score (nSPS) is 14.4. The van der Waals surface area contributed by atoms with Gasteiger partial charge in [0.15, 0.2) is 6.29 Å². The predicted octanol–water partition coefficient (Wildman–Crippen LogP) is -0.725. The fourth-order valence-corrected chi connectivity index (χ4v) is 0.398. The van der Waals surface area contributed by atoms with Crippen LogP contribution >= 0.6 is 0 Å². The van der Waals surface area contributed by atoms with E-state index in [9.17, 15) is 4.79 Å². The number of amides is 1. The van der Waals surface area contributed by atoms with Crippen molar-refractivity contribution in [1.82, 2.24) is 0 Å². The lowest BCUT2D eigenvalue weighted by molar-refractivity contribution is -0.145. The molecule has 0 aliphatic heterocycles. The van der Waals surface area contributed by atoms with Crippen LogP contribution in [0.5, 0.6) is 0 Å². The van der Waals surface area contributed by atoms with Gasteiger partial charge in [-0.3, -0.25) is 4.79 Å². The van der Waals surface area contributed by atoms with E-state index < -0.39 is 18.3 Å². The molecule has 3 N–H and O–H groups in total. The highest BCUT2D eigenvalue weighted by Gasteiger charge is 2.16. The molecule has 1 amide bonds. The van der Waals surface area contributed by atoms with Crippen LogP contribution in [-0.4, -0.2) is 23.4 Å². The van der Waals surface area contributed by atoms with Gasteiger partial charge in [-0.15, -0.1) is 0 Å². The molecule has 0 radical (unpaired) electrons. The van der Waals surface area contributed by atoms with Gasteiger partial charge >= 0.3 is 0 Å². The molecule has 2 atom stereocenters. The van der Waals surface area contributed by atoms with Crippen molar-refractivity contribution >= 4 is 5.91 Å². The standard InChI is InChI=1S/C7H10N2O3/c1-4(3-8)7(11)12-5(2)6(9)10/h5,7,11H,1H2,2H3,(H2,9,10). The molecule has 0 rings (SSSR count). The second-order valence-corrected chi connectivity index (χ2v) is 2.17. The molecule has 0 aromatic carbocycles. The van der Waals surface area contributed by atoms with Crippen molar-refractivity contribution in [3.8, 4) is 6.07 Å². The Morgan fingerprint density at radius 3 is 2.67 bits per heavy atom. The van der Waals surface area contributed by atoms with Gasteiger partial charge in [0.05, 0.1) is 11.6 Å². The maximum Gasteiger partial charge on any atom is 0.246 e. The van der Waals surface area contributed by atoms with Crippen LogP contribution in [0.1, 0.15) is 6.92 Å². The van der Waals surface area contributed by atoms with Gasteiger partial charge in [-0.05, 0) is 6.92 Å². The molecule has 0 fully saturated rings. The molecule has 12 heavy (non-hydrogen) atoms. The summed E-state index contributed by atoms with van der Waals surface area (Å²) < 4.78 is 4.62. The zero-order valence-electron chi connectivity index (χ0n) is 6.65. The smallest absolute Gasteiger partial charge is 0.246 e. The average Bonchev–Trinajstić information content (AvgIpc) is 2.02. The third-order valence-electron chi connectivity index (χ3n) is 1.18. The van der Waals surface area contributed by atoms with Gasteiger partial charge in [0.1, 0.15) is 6.10 Å². The van der Waals surface area contributed by atoms with Gasteiger partial charge in [0.25, 0.3) is 0 Å². The van der Waals surface area contributed by atoms with E-state index in [-0.39, 0.29) is 5.57 Å². The number of aliphatic hydroxyl groups excluding tert-OH is 1. The van der Waals surface area contributed by atoms with Crippen molar-refractivity contribution in [3.05, 3.63) is 12.2 Å². The molecule has 0 saturated heterocycles. The van der Waals surface area contributed by atoms with Crippen LogP contribution < -0.4 is 5.73 Å². The molecule has 0 bridgehead atoms. The number of hydrogen-bond donors (Lipinski definition) is 2. The van der Waals surface area contributed by atoms with Crippen molar-refractivity contribution in [1.29, 1.82) is 5.26 Å². The van der Waals surface area contributed by atoms with E-state index in [4.69, 9.17) is 16.1 Å². The van der Waals surface area contributed by atoms with Crippen LogP contribution in [0.15, 0.2) is 12.2 Å². The first-order valence-electron chi connectivity index (χ1n) is 3.20. The van der Waals surface area contributed by atoms with Gasteiger partial charge in [-0.25, -0.2) is 0 Å². The summed E-state index contributed by atoms with van der Waals surface area (Å²) in [6.07, 6.45) is -2.40. The monoisotopic (exact) mass is 170 g/mol. The lowest BCUT2D eigenvalue weighted by Crippen LogP contribution is -2.32. The zero-order valence-corrected chi connectivity index (χ0v) is 6.65. The number of ether oxygens (including phenoxy) is 1. The number of primary amides is 1. The summed E-state index contributed by atoms with van der Waals surface area (Å²) in [4.78, 5) is 10.4. The molecule has 0 aliphatic carbocycles. The summed E-state index contributed by atoms with van der Waals surface area (Å²) in [5.41, 5.74) is 4.67. The molecular formula is C7H10N2O3. The van der Waals surface area contributed by atoms with Crippen LogP contribution in [-0.2, 0) is 9.53 Å². The van der Waals surface area contributed by atoms with E-state index in [0.29, 0.717) is 0 Å². The molecule has 5 nitrogen and oxygen atoms in total. The van der Waals surface area contributed by atoms with Crippen molar-refractivity contribution < 1.29 is 14.6 Å². The maximum atomic E-state index is 10.4. The van der Waals surface area contributed by atoms with Gasteiger partial charge < -0.3 is 15.6 Å². The first kappa shape index (κ1) is 10.6.